The lowest BCUT2D eigenvalue weighted by atomic mass is 9.85. The summed E-state index contributed by atoms with van der Waals surface area (Å²) in [7, 11) is -5.09. The van der Waals surface area contributed by atoms with Crippen molar-refractivity contribution in [2.24, 2.45) is 0 Å². The molecule has 0 aliphatic heterocycles. The van der Waals surface area contributed by atoms with Gasteiger partial charge in [0, 0.05) is 12.8 Å². The van der Waals surface area contributed by atoms with Crippen LogP contribution in [0.15, 0.2) is 0 Å². The second-order valence-corrected chi connectivity index (χ2v) is 13.8. The Labute approximate surface area is 274 Å². The lowest BCUT2D eigenvalue weighted by Gasteiger charge is -2.41. The van der Waals surface area contributed by atoms with Crippen molar-refractivity contribution in [1.29, 1.82) is 0 Å². The van der Waals surface area contributed by atoms with Gasteiger partial charge in [0.15, 0.2) is 6.10 Å². The van der Waals surface area contributed by atoms with Gasteiger partial charge in [0.25, 0.3) is 0 Å². The third-order valence-corrected chi connectivity index (χ3v) is 9.18. The molecule has 1 saturated carbocycles. The van der Waals surface area contributed by atoms with Crippen molar-refractivity contribution < 1.29 is 63.1 Å². The lowest BCUT2D eigenvalue weighted by molar-refractivity contribution is -0.220. The molecule has 0 spiro atoms. The molecule has 6 unspecified atom stereocenters. The van der Waals surface area contributed by atoms with Crippen LogP contribution in [0.25, 0.3) is 0 Å². The highest BCUT2D eigenvalue weighted by Gasteiger charge is 2.51. The van der Waals surface area contributed by atoms with Crippen LogP contribution in [0.1, 0.15) is 136 Å². The molecule has 14 heteroatoms. The van der Waals surface area contributed by atoms with Crippen molar-refractivity contribution in [2.45, 2.75) is 179 Å². The summed E-state index contributed by atoms with van der Waals surface area (Å²) in [4.78, 5) is 35.1. The summed E-state index contributed by atoms with van der Waals surface area (Å²) < 4.78 is 33.1. The first-order chi connectivity index (χ1) is 21.9. The van der Waals surface area contributed by atoms with Gasteiger partial charge in [-0.05, 0) is 12.8 Å². The number of aliphatic hydroxyl groups is 5. The fraction of sp³-hybridized carbons (Fsp3) is 0.938. The molecule has 6 N–H and O–H groups in total. The fourth-order valence-electron chi connectivity index (χ4n) is 5.29. The predicted molar refractivity (Wildman–Crippen MR) is 171 cm³/mol. The molecule has 46 heavy (non-hydrogen) atoms. The number of hydrogen-bond donors (Lipinski definition) is 6. The number of phosphoric acid groups is 1. The largest absolute Gasteiger partial charge is 0.472 e. The van der Waals surface area contributed by atoms with Crippen molar-refractivity contribution in [2.75, 3.05) is 13.2 Å². The number of carbonyl (C=O) groups is 2. The van der Waals surface area contributed by atoms with Gasteiger partial charge >= 0.3 is 19.8 Å². The Morgan fingerprint density at radius 1 is 0.587 bits per heavy atom. The topological polar surface area (TPSA) is 210 Å². The summed E-state index contributed by atoms with van der Waals surface area (Å²) in [6, 6.07) is 0. The maximum Gasteiger partial charge on any atom is 0.472 e. The monoisotopic (exact) mass is 684 g/mol. The van der Waals surface area contributed by atoms with Gasteiger partial charge in [0.2, 0.25) is 0 Å². The molecule has 0 amide bonds. The zero-order chi connectivity index (χ0) is 34.4. The second kappa shape index (κ2) is 24.9. The molecule has 0 saturated heterocycles. The minimum atomic E-state index is -5.09. The van der Waals surface area contributed by atoms with Crippen molar-refractivity contribution in [3.05, 3.63) is 0 Å². The van der Waals surface area contributed by atoms with Gasteiger partial charge in [0.05, 0.1) is 6.61 Å². The van der Waals surface area contributed by atoms with Crippen LogP contribution < -0.4 is 0 Å². The van der Waals surface area contributed by atoms with Crippen LogP contribution in [0.2, 0.25) is 0 Å². The van der Waals surface area contributed by atoms with Gasteiger partial charge in [-0.25, -0.2) is 4.57 Å². The minimum Gasteiger partial charge on any atom is -0.462 e. The number of aliphatic hydroxyl groups excluding tert-OH is 5. The summed E-state index contributed by atoms with van der Waals surface area (Å²) in [5.41, 5.74) is 0. The number of rotatable bonds is 27. The third kappa shape index (κ3) is 18.4. The van der Waals surface area contributed by atoms with Crippen LogP contribution in [0, 0.1) is 0 Å². The van der Waals surface area contributed by atoms with Crippen LogP contribution in [-0.2, 0) is 32.7 Å². The molecule has 1 aliphatic carbocycles. The Hall–Kier alpha value is -1.15. The molecular weight excluding hydrogens is 623 g/mol. The van der Waals surface area contributed by atoms with Gasteiger partial charge < -0.3 is 39.9 Å². The molecule has 272 valence electrons. The minimum absolute atomic E-state index is 0.101. The SMILES string of the molecule is CCCCCCCCCCCC(=O)OC[C@H](COP(=O)(O)OC1C(O)C(O)C(O)[C@@H](O)C1O)OC(=O)CCCCCCCCCC. The van der Waals surface area contributed by atoms with E-state index in [0.717, 1.165) is 44.9 Å². The smallest absolute Gasteiger partial charge is 0.462 e. The molecule has 0 aromatic carbocycles. The Kier molecular flexibility index (Phi) is 23.2. The number of ether oxygens (including phenoxy) is 2. The highest BCUT2D eigenvalue weighted by atomic mass is 31.2. The molecule has 1 fully saturated rings. The number of carbonyl (C=O) groups excluding carboxylic acids is 2. The van der Waals surface area contributed by atoms with E-state index < -0.39 is 75.7 Å². The normalized spacial score (nSPS) is 25.1. The summed E-state index contributed by atoms with van der Waals surface area (Å²) in [5.74, 6) is -1.10. The van der Waals surface area contributed by atoms with E-state index in [2.05, 4.69) is 13.8 Å². The zero-order valence-electron chi connectivity index (χ0n) is 27.9. The summed E-state index contributed by atoms with van der Waals surface area (Å²) in [5, 5.41) is 49.7. The Balaban J connectivity index is 2.60. The first-order valence-corrected chi connectivity index (χ1v) is 18.8. The number of unbranched alkanes of at least 4 members (excludes halogenated alkanes) is 15. The first kappa shape index (κ1) is 42.9. The van der Waals surface area contributed by atoms with E-state index >= 15 is 0 Å². The molecule has 0 bridgehead atoms. The quantitative estimate of drug-likeness (QED) is 0.0407. The average Bonchev–Trinajstić information content (AvgIpc) is 3.03. The van der Waals surface area contributed by atoms with Crippen molar-refractivity contribution in [3.63, 3.8) is 0 Å². The van der Waals surface area contributed by atoms with Crippen LogP contribution in [0.4, 0.5) is 0 Å². The number of phosphoric ester groups is 1. The van der Waals surface area contributed by atoms with Crippen LogP contribution in [-0.4, -0.2) is 98.3 Å². The summed E-state index contributed by atoms with van der Waals surface area (Å²) >= 11 is 0. The van der Waals surface area contributed by atoms with Gasteiger partial charge in [0.1, 0.15) is 43.2 Å². The summed E-state index contributed by atoms with van der Waals surface area (Å²) in [6.07, 6.45) is 5.11. The van der Waals surface area contributed by atoms with Crippen molar-refractivity contribution in [3.8, 4) is 0 Å². The van der Waals surface area contributed by atoms with Gasteiger partial charge in [-0.3, -0.25) is 18.6 Å². The van der Waals surface area contributed by atoms with E-state index in [4.69, 9.17) is 18.5 Å². The molecule has 1 aliphatic rings. The van der Waals surface area contributed by atoms with Crippen molar-refractivity contribution >= 4 is 19.8 Å². The van der Waals surface area contributed by atoms with Crippen LogP contribution in [0.3, 0.4) is 0 Å². The second-order valence-electron chi connectivity index (χ2n) is 12.4. The van der Waals surface area contributed by atoms with Gasteiger partial charge in [-0.2, -0.15) is 0 Å². The molecule has 1 rings (SSSR count). The molecule has 0 radical (unpaired) electrons. The number of hydrogen-bond acceptors (Lipinski definition) is 12. The molecule has 0 aromatic rings. The third-order valence-electron chi connectivity index (χ3n) is 8.20. The van der Waals surface area contributed by atoms with E-state index in [1.54, 1.807) is 0 Å². The molecular formula is C32H61O13P. The Morgan fingerprint density at radius 3 is 1.43 bits per heavy atom. The molecule has 0 aromatic heterocycles. The van der Waals surface area contributed by atoms with E-state index in [-0.39, 0.29) is 12.8 Å². The van der Waals surface area contributed by atoms with Crippen molar-refractivity contribution in [1.82, 2.24) is 0 Å². The van der Waals surface area contributed by atoms with E-state index in [9.17, 15) is 44.6 Å². The Morgan fingerprint density at radius 2 is 0.978 bits per heavy atom. The molecule has 13 nitrogen and oxygen atoms in total. The Bertz CT molecular complexity index is 844. The van der Waals surface area contributed by atoms with E-state index in [1.165, 1.54) is 51.4 Å². The van der Waals surface area contributed by atoms with Gasteiger partial charge in [-0.15, -0.1) is 0 Å². The average molecular weight is 685 g/mol. The first-order valence-electron chi connectivity index (χ1n) is 17.3. The maximum absolute atomic E-state index is 12.7. The van der Waals surface area contributed by atoms with Crippen LogP contribution >= 0.6 is 7.82 Å². The highest BCUT2D eigenvalue weighted by molar-refractivity contribution is 7.47. The standard InChI is InChI=1S/C32H61O13P/c1-3-5-7-9-11-13-15-16-18-20-25(33)42-22-24(44-26(34)21-19-17-14-12-10-8-6-4-2)23-43-46(40,41)45-32-30(38)28(36)27(35)29(37)31(32)39/h24,27-32,35-39H,3-23H2,1-2H3,(H,40,41)/t24-,27?,28-,29?,30?,31?,32?/m1/s1. The summed E-state index contributed by atoms with van der Waals surface area (Å²) in [6.45, 7) is 3.18. The lowest BCUT2D eigenvalue weighted by Crippen LogP contribution is -2.64. The van der Waals surface area contributed by atoms with E-state index in [1.807, 2.05) is 0 Å². The van der Waals surface area contributed by atoms with Gasteiger partial charge in [-0.1, -0.05) is 110 Å². The molecule has 0 heterocycles. The van der Waals surface area contributed by atoms with Crippen LogP contribution in [0.5, 0.6) is 0 Å². The highest BCUT2D eigenvalue weighted by Crippen LogP contribution is 2.47. The fourth-order valence-corrected chi connectivity index (χ4v) is 6.26. The zero-order valence-corrected chi connectivity index (χ0v) is 28.8. The maximum atomic E-state index is 12.7. The molecule has 8 atom stereocenters. The van der Waals surface area contributed by atoms with E-state index in [0.29, 0.717) is 12.8 Å². The predicted octanol–water partition coefficient (Wildman–Crippen LogP) is 4.21. The number of esters is 2.